The summed E-state index contributed by atoms with van der Waals surface area (Å²) in [5.41, 5.74) is -4.34. The van der Waals surface area contributed by atoms with Crippen LogP contribution < -0.4 is 0 Å². The average molecular weight is 584 g/mol. The largest absolute Gasteiger partial charge is 0.503 e. The molecule has 0 aromatic heterocycles. The van der Waals surface area contributed by atoms with Crippen molar-refractivity contribution in [3.05, 3.63) is 28.8 Å². The smallest absolute Gasteiger partial charge is 0.460 e. The molecule has 0 spiro atoms. The number of hydrogen-bond donors (Lipinski definition) is 1. The Balaban J connectivity index is 3.94. The third-order valence-electron chi connectivity index (χ3n) is 4.28. The van der Waals surface area contributed by atoms with Gasteiger partial charge in [0.25, 0.3) is 0 Å². The Morgan fingerprint density at radius 2 is 0.611 bits per heavy atom. The van der Waals surface area contributed by atoms with Crippen LogP contribution in [0.5, 0.6) is 5.75 Å². The van der Waals surface area contributed by atoms with E-state index in [2.05, 4.69) is 0 Å². The maximum absolute atomic E-state index is 13.9. The fourth-order valence-corrected chi connectivity index (χ4v) is 2.22. The number of phenols is 1. The summed E-state index contributed by atoms with van der Waals surface area (Å²) in [7, 11) is 0. The highest BCUT2D eigenvalue weighted by atomic mass is 19.4. The van der Waals surface area contributed by atoms with Crippen LogP contribution in [0.1, 0.15) is 5.56 Å². The molecule has 1 N–H and O–H groups in total. The fraction of sp³-hybridized carbons (Fsp3) is 0.571. The van der Waals surface area contributed by atoms with Gasteiger partial charge in [-0.05, 0) is 0 Å². The average Bonchev–Trinajstić information content (AvgIpc) is 2.68. The highest BCUT2D eigenvalue weighted by Gasteiger charge is 2.95. The Morgan fingerprint density at radius 3 is 0.889 bits per heavy atom. The molecule has 1 nitrogen and oxygen atoms in total. The van der Waals surface area contributed by atoms with Gasteiger partial charge in [0.05, 0.1) is 0 Å². The van der Waals surface area contributed by atoms with Crippen LogP contribution in [0.15, 0.2) is 0 Å². The number of aromatic hydroxyl groups is 1. The molecule has 1 aromatic carbocycles. The van der Waals surface area contributed by atoms with Crippen molar-refractivity contribution in [3.8, 4) is 5.75 Å². The van der Waals surface area contributed by atoms with Crippen LogP contribution in [0.4, 0.5) is 92.2 Å². The summed E-state index contributed by atoms with van der Waals surface area (Å²) in [5, 5.41) is 8.51. The Hall–Kier alpha value is -2.45. The van der Waals surface area contributed by atoms with Gasteiger partial charge in [-0.3, -0.25) is 0 Å². The second kappa shape index (κ2) is 8.02. The van der Waals surface area contributed by atoms with Crippen molar-refractivity contribution in [3.63, 3.8) is 0 Å². The number of phenolic OH excluding ortho intramolecular Hbond substituents is 1. The van der Waals surface area contributed by atoms with E-state index in [4.69, 9.17) is 5.11 Å². The van der Waals surface area contributed by atoms with Gasteiger partial charge in [-0.25, -0.2) is 8.78 Å². The summed E-state index contributed by atoms with van der Waals surface area (Å²) in [6.45, 7) is 0. The molecule has 0 radical (unpaired) electrons. The maximum Gasteiger partial charge on any atom is 0.460 e. The van der Waals surface area contributed by atoms with Crippen LogP contribution >= 0.6 is 0 Å². The number of rotatable bonds is 7. The van der Waals surface area contributed by atoms with Gasteiger partial charge in [0.2, 0.25) is 11.6 Å². The Labute approximate surface area is 181 Å². The van der Waals surface area contributed by atoms with E-state index in [1.54, 1.807) is 0 Å². The predicted molar refractivity (Wildman–Crippen MR) is 67.6 cm³/mol. The van der Waals surface area contributed by atoms with Crippen LogP contribution in [-0.2, 0) is 5.92 Å². The van der Waals surface area contributed by atoms with Crippen LogP contribution in [0.25, 0.3) is 0 Å². The van der Waals surface area contributed by atoms with E-state index in [1.165, 1.54) is 0 Å². The topological polar surface area (TPSA) is 20.2 Å². The highest BCUT2D eigenvalue weighted by Crippen LogP contribution is 2.65. The summed E-state index contributed by atoms with van der Waals surface area (Å²) in [6.07, 6.45) is -7.98. The quantitative estimate of drug-likeness (QED) is 0.262. The van der Waals surface area contributed by atoms with Gasteiger partial charge in [0.15, 0.2) is 17.4 Å². The van der Waals surface area contributed by atoms with Gasteiger partial charge < -0.3 is 5.11 Å². The molecule has 0 aliphatic heterocycles. The minimum atomic E-state index is -9.06. The van der Waals surface area contributed by atoms with E-state index in [9.17, 15) is 92.2 Å². The number of alkyl halides is 17. The molecule has 0 fully saturated rings. The van der Waals surface area contributed by atoms with Gasteiger partial charge in [0.1, 0.15) is 5.56 Å². The summed E-state index contributed by atoms with van der Waals surface area (Å²) < 4.78 is 276. The van der Waals surface area contributed by atoms with E-state index < -0.39 is 82.2 Å². The predicted octanol–water partition coefficient (Wildman–Crippen LogP) is 7.41. The maximum atomic E-state index is 13.9. The molecule has 36 heavy (non-hydrogen) atoms. The van der Waals surface area contributed by atoms with Crippen molar-refractivity contribution in [2.24, 2.45) is 0 Å². The molecule has 1 aromatic rings. The lowest BCUT2D eigenvalue weighted by molar-refractivity contribution is -0.463. The van der Waals surface area contributed by atoms with Gasteiger partial charge in [-0.15, -0.1) is 0 Å². The third kappa shape index (κ3) is 3.59. The SMILES string of the molecule is Oc1c(F)c(F)c(C(F)(F)C(F)(F)C(F)(F)C(F)(F)C(F)(F)C(F)(F)C(F)(F)C(F)(F)F)c(F)c1F. The van der Waals surface area contributed by atoms with Gasteiger partial charge in [-0.2, -0.15) is 83.4 Å². The number of halogens is 21. The second-order valence-electron chi connectivity index (χ2n) is 6.50. The van der Waals surface area contributed by atoms with E-state index in [0.717, 1.165) is 0 Å². The summed E-state index contributed by atoms with van der Waals surface area (Å²) in [4.78, 5) is 0. The van der Waals surface area contributed by atoms with E-state index in [-0.39, 0.29) is 0 Å². The molecule has 0 saturated carbocycles. The van der Waals surface area contributed by atoms with Crippen LogP contribution in [-0.4, -0.2) is 46.8 Å². The van der Waals surface area contributed by atoms with Crippen LogP contribution in [0.2, 0.25) is 0 Å². The summed E-state index contributed by atoms with van der Waals surface area (Å²) in [5.74, 6) is -78.7. The van der Waals surface area contributed by atoms with Crippen molar-refractivity contribution in [2.45, 2.75) is 47.6 Å². The molecule has 0 amide bonds. The van der Waals surface area contributed by atoms with Gasteiger partial charge in [0, 0.05) is 0 Å². The molecule has 0 unspecified atom stereocenters. The first-order chi connectivity index (χ1) is 15.4. The standard InChI is InChI=1S/C14HF21O/c15-2-1(3(16)5(18)6(36)4(2)17)7(19,20)8(21,22)9(23,24)10(25,26)11(27,28)12(29,30)13(31,32)14(33,34)35/h36H. The second-order valence-corrected chi connectivity index (χ2v) is 6.50. The summed E-state index contributed by atoms with van der Waals surface area (Å²) >= 11 is 0. The molecular weight excluding hydrogens is 583 g/mol. The van der Waals surface area contributed by atoms with Crippen LogP contribution in [0, 0.1) is 23.3 Å². The zero-order chi connectivity index (χ0) is 29.5. The molecule has 0 saturated heterocycles. The molecule has 1 rings (SSSR count). The van der Waals surface area contributed by atoms with E-state index in [0.29, 0.717) is 0 Å². The number of hydrogen-bond acceptors (Lipinski definition) is 1. The molecular formula is C14HF21O. The first-order valence-corrected chi connectivity index (χ1v) is 7.69. The zero-order valence-corrected chi connectivity index (χ0v) is 15.4. The first-order valence-electron chi connectivity index (χ1n) is 7.69. The van der Waals surface area contributed by atoms with Gasteiger partial charge in [-0.1, -0.05) is 0 Å². The van der Waals surface area contributed by atoms with E-state index in [1.807, 2.05) is 0 Å². The molecule has 0 aliphatic rings. The third-order valence-corrected chi connectivity index (χ3v) is 4.28. The van der Waals surface area contributed by atoms with Crippen molar-refractivity contribution >= 4 is 0 Å². The van der Waals surface area contributed by atoms with Crippen molar-refractivity contribution in [1.29, 1.82) is 0 Å². The Morgan fingerprint density at radius 1 is 0.361 bits per heavy atom. The van der Waals surface area contributed by atoms with Crippen molar-refractivity contribution < 1.29 is 97.3 Å². The lowest BCUT2D eigenvalue weighted by Crippen LogP contribution is -2.74. The molecule has 0 aliphatic carbocycles. The Bertz CT molecular complexity index is 989. The Kier molecular flexibility index (Phi) is 7.04. The minimum Gasteiger partial charge on any atom is -0.503 e. The van der Waals surface area contributed by atoms with Crippen molar-refractivity contribution in [1.82, 2.24) is 0 Å². The molecule has 0 atom stereocenters. The first kappa shape index (κ1) is 31.6. The lowest BCUT2D eigenvalue weighted by Gasteiger charge is -2.42. The molecule has 0 heterocycles. The highest BCUT2D eigenvalue weighted by molar-refractivity contribution is 5.37. The number of benzene rings is 1. The van der Waals surface area contributed by atoms with Gasteiger partial charge >= 0.3 is 47.6 Å². The van der Waals surface area contributed by atoms with E-state index >= 15 is 0 Å². The summed E-state index contributed by atoms with van der Waals surface area (Å²) in [6, 6.07) is 0. The van der Waals surface area contributed by atoms with Crippen LogP contribution in [0.3, 0.4) is 0 Å². The minimum absolute atomic E-state index is 2.95. The van der Waals surface area contributed by atoms with Crippen molar-refractivity contribution in [2.75, 3.05) is 0 Å². The molecule has 0 bridgehead atoms. The molecule has 22 heteroatoms. The normalized spacial score (nSPS) is 15.5. The monoisotopic (exact) mass is 584 g/mol. The fourth-order valence-electron chi connectivity index (χ4n) is 2.22. The zero-order valence-electron chi connectivity index (χ0n) is 15.4. The lowest BCUT2D eigenvalue weighted by atomic mass is 9.87. The molecule has 210 valence electrons.